The van der Waals surface area contributed by atoms with Gasteiger partial charge in [0.1, 0.15) is 5.58 Å². The molecule has 112 valence electrons. The Kier molecular flexibility index (Phi) is 4.13. The Morgan fingerprint density at radius 2 is 2.14 bits per heavy atom. The summed E-state index contributed by atoms with van der Waals surface area (Å²) in [5, 5.41) is 2.20. The highest BCUT2D eigenvalue weighted by molar-refractivity contribution is 5.92. The number of rotatable bonds is 5. The van der Waals surface area contributed by atoms with E-state index in [0.717, 1.165) is 10.9 Å². The summed E-state index contributed by atoms with van der Waals surface area (Å²) in [5.41, 5.74) is 7.15. The summed E-state index contributed by atoms with van der Waals surface area (Å²) in [6, 6.07) is 12.7. The van der Waals surface area contributed by atoms with Crippen LogP contribution < -0.4 is 5.73 Å². The lowest BCUT2D eigenvalue weighted by Gasteiger charge is -2.18. The van der Waals surface area contributed by atoms with Crippen molar-refractivity contribution in [2.75, 3.05) is 6.67 Å². The van der Waals surface area contributed by atoms with Crippen LogP contribution in [0, 0.1) is 0 Å². The van der Waals surface area contributed by atoms with Crippen molar-refractivity contribution in [3.05, 3.63) is 66.2 Å². The minimum Gasteiger partial charge on any atom is -0.449 e. The third-order valence-corrected chi connectivity index (χ3v) is 3.12. The van der Waals surface area contributed by atoms with E-state index in [1.165, 1.54) is 5.06 Å². The van der Waals surface area contributed by atoms with Crippen LogP contribution in [0.1, 0.15) is 16.1 Å². The number of carbonyl (C=O) groups excluding carboxylic acids is 1. The van der Waals surface area contributed by atoms with Crippen LogP contribution in [0.2, 0.25) is 0 Å². The number of nitrogens with two attached hydrogens (primary N) is 1. The van der Waals surface area contributed by atoms with Crippen molar-refractivity contribution < 1.29 is 14.0 Å². The van der Waals surface area contributed by atoms with Gasteiger partial charge < -0.3 is 15.0 Å². The molecule has 3 aromatic rings. The Bertz CT molecular complexity index is 737. The molecule has 2 aromatic heterocycles. The van der Waals surface area contributed by atoms with E-state index < -0.39 is 5.97 Å². The largest absolute Gasteiger partial charge is 0.449 e. The number of fused-ring (bicyclic) bond motifs is 1. The normalized spacial score (nSPS) is 11.0. The number of hydroxylamine groups is 2. The number of benzene rings is 1. The van der Waals surface area contributed by atoms with Crippen LogP contribution >= 0.6 is 0 Å². The summed E-state index contributed by atoms with van der Waals surface area (Å²) in [6.07, 6.45) is 3.37. The number of para-hydroxylation sites is 1. The molecule has 6 nitrogen and oxygen atoms in total. The smallest absolute Gasteiger partial charge is 0.393 e. The van der Waals surface area contributed by atoms with E-state index >= 15 is 0 Å². The standard InChI is InChI=1S/C16H15N3O3/c17-11-19(10-12-4-3-7-18-9-12)22-16(20)15-8-13-5-1-2-6-14(13)21-15/h1-9H,10-11,17H2. The van der Waals surface area contributed by atoms with Crippen molar-refractivity contribution in [2.45, 2.75) is 6.54 Å². The Morgan fingerprint density at radius 3 is 2.86 bits per heavy atom. The predicted molar refractivity (Wildman–Crippen MR) is 80.5 cm³/mol. The molecule has 2 N–H and O–H groups in total. The molecule has 0 unspecified atom stereocenters. The first-order chi connectivity index (χ1) is 10.8. The van der Waals surface area contributed by atoms with Crippen molar-refractivity contribution in [2.24, 2.45) is 5.73 Å². The van der Waals surface area contributed by atoms with Gasteiger partial charge in [0.2, 0.25) is 5.76 Å². The van der Waals surface area contributed by atoms with Crippen LogP contribution in [0.5, 0.6) is 0 Å². The molecule has 2 heterocycles. The molecule has 6 heteroatoms. The van der Waals surface area contributed by atoms with Crippen molar-refractivity contribution in [1.29, 1.82) is 0 Å². The number of carbonyl (C=O) groups is 1. The van der Waals surface area contributed by atoms with Crippen LogP contribution in [-0.2, 0) is 11.4 Å². The van der Waals surface area contributed by atoms with Gasteiger partial charge in [0.25, 0.3) is 0 Å². The van der Waals surface area contributed by atoms with Crippen molar-refractivity contribution in [3.8, 4) is 0 Å². The molecule has 0 saturated heterocycles. The maximum atomic E-state index is 12.1. The molecule has 0 spiro atoms. The van der Waals surface area contributed by atoms with Crippen molar-refractivity contribution in [1.82, 2.24) is 10.0 Å². The molecule has 22 heavy (non-hydrogen) atoms. The number of nitrogens with zero attached hydrogens (tertiary/aromatic N) is 2. The lowest BCUT2D eigenvalue weighted by Crippen LogP contribution is -2.32. The van der Waals surface area contributed by atoms with Gasteiger partial charge >= 0.3 is 5.97 Å². The molecule has 3 rings (SSSR count). The van der Waals surface area contributed by atoms with Gasteiger partial charge in [-0.2, -0.15) is 0 Å². The monoisotopic (exact) mass is 297 g/mol. The van der Waals surface area contributed by atoms with Gasteiger partial charge in [-0.25, -0.2) is 4.79 Å². The number of aromatic nitrogens is 1. The van der Waals surface area contributed by atoms with Crippen LogP contribution in [0.25, 0.3) is 11.0 Å². The van der Waals surface area contributed by atoms with E-state index in [0.29, 0.717) is 12.1 Å². The zero-order chi connectivity index (χ0) is 15.4. The van der Waals surface area contributed by atoms with E-state index in [4.69, 9.17) is 15.0 Å². The Morgan fingerprint density at radius 1 is 1.27 bits per heavy atom. The summed E-state index contributed by atoms with van der Waals surface area (Å²) in [7, 11) is 0. The topological polar surface area (TPSA) is 81.6 Å². The third kappa shape index (κ3) is 3.13. The molecule has 0 aliphatic carbocycles. The highest BCUT2D eigenvalue weighted by Crippen LogP contribution is 2.19. The summed E-state index contributed by atoms with van der Waals surface area (Å²) in [4.78, 5) is 21.4. The van der Waals surface area contributed by atoms with Gasteiger partial charge in [-0.3, -0.25) is 4.98 Å². The van der Waals surface area contributed by atoms with E-state index in [2.05, 4.69) is 4.98 Å². The predicted octanol–water partition coefficient (Wildman–Crippen LogP) is 2.32. The van der Waals surface area contributed by atoms with Gasteiger partial charge in [-0.1, -0.05) is 24.3 Å². The third-order valence-electron chi connectivity index (χ3n) is 3.12. The number of furan rings is 1. The number of pyridine rings is 1. The minimum absolute atomic E-state index is 0.0703. The fourth-order valence-corrected chi connectivity index (χ4v) is 2.07. The SMILES string of the molecule is NCN(Cc1cccnc1)OC(=O)c1cc2ccccc2o1. The average molecular weight is 297 g/mol. The zero-order valence-electron chi connectivity index (χ0n) is 11.8. The summed E-state index contributed by atoms with van der Waals surface area (Å²) >= 11 is 0. The second-order valence-corrected chi connectivity index (χ2v) is 4.71. The van der Waals surface area contributed by atoms with Crippen molar-refractivity contribution in [3.63, 3.8) is 0 Å². The van der Waals surface area contributed by atoms with E-state index in [-0.39, 0.29) is 12.4 Å². The molecular formula is C16H15N3O3. The number of hydrogen-bond donors (Lipinski definition) is 1. The Balaban J connectivity index is 1.71. The molecule has 0 bridgehead atoms. The molecule has 1 aromatic carbocycles. The molecule has 0 amide bonds. The molecular weight excluding hydrogens is 282 g/mol. The number of hydrogen-bond acceptors (Lipinski definition) is 6. The second-order valence-electron chi connectivity index (χ2n) is 4.71. The molecule has 0 fully saturated rings. The lowest BCUT2D eigenvalue weighted by atomic mass is 10.2. The highest BCUT2D eigenvalue weighted by atomic mass is 16.7. The molecule has 0 saturated carbocycles. The fourth-order valence-electron chi connectivity index (χ4n) is 2.07. The van der Waals surface area contributed by atoms with E-state index in [1.807, 2.05) is 30.3 Å². The molecule has 0 radical (unpaired) electrons. The van der Waals surface area contributed by atoms with Gasteiger partial charge in [0.15, 0.2) is 0 Å². The van der Waals surface area contributed by atoms with E-state index in [1.54, 1.807) is 24.5 Å². The summed E-state index contributed by atoms with van der Waals surface area (Å²) < 4.78 is 5.47. The van der Waals surface area contributed by atoms with Gasteiger partial charge in [0, 0.05) is 17.8 Å². The highest BCUT2D eigenvalue weighted by Gasteiger charge is 2.17. The Hall–Kier alpha value is -2.70. The van der Waals surface area contributed by atoms with Gasteiger partial charge in [-0.05, 0) is 23.8 Å². The van der Waals surface area contributed by atoms with Gasteiger partial charge in [0.05, 0.1) is 13.2 Å². The van der Waals surface area contributed by atoms with Crippen LogP contribution in [-0.4, -0.2) is 22.7 Å². The van der Waals surface area contributed by atoms with Crippen molar-refractivity contribution >= 4 is 16.9 Å². The quantitative estimate of drug-likeness (QED) is 0.575. The lowest BCUT2D eigenvalue weighted by molar-refractivity contribution is -0.117. The first-order valence-corrected chi connectivity index (χ1v) is 6.81. The first-order valence-electron chi connectivity index (χ1n) is 6.81. The van der Waals surface area contributed by atoms with Crippen LogP contribution in [0.4, 0.5) is 0 Å². The fraction of sp³-hybridized carbons (Fsp3) is 0.125. The Labute approximate surface area is 127 Å². The van der Waals surface area contributed by atoms with E-state index in [9.17, 15) is 4.79 Å². The van der Waals surface area contributed by atoms with Crippen LogP contribution in [0.15, 0.2) is 59.3 Å². The summed E-state index contributed by atoms with van der Waals surface area (Å²) in [5.74, 6) is -0.434. The molecule has 0 aliphatic rings. The first kappa shape index (κ1) is 14.2. The second kappa shape index (κ2) is 6.38. The zero-order valence-corrected chi connectivity index (χ0v) is 11.8. The molecule has 0 aliphatic heterocycles. The maximum Gasteiger partial charge on any atom is 0.393 e. The summed E-state index contributed by atoms with van der Waals surface area (Å²) in [6.45, 7) is 0.428. The maximum absolute atomic E-state index is 12.1. The molecule has 0 atom stereocenters. The minimum atomic E-state index is -0.578. The average Bonchev–Trinajstić information content (AvgIpc) is 2.99. The van der Waals surface area contributed by atoms with Gasteiger partial charge in [-0.15, -0.1) is 5.06 Å². The van der Waals surface area contributed by atoms with Crippen LogP contribution in [0.3, 0.4) is 0 Å².